The van der Waals surface area contributed by atoms with E-state index in [0.29, 0.717) is 6.04 Å². The third-order valence-corrected chi connectivity index (χ3v) is 3.43. The molecule has 0 saturated heterocycles. The SMILES string of the molecule is CSCCCN(C)Cc1cc(CNC(C)C)co1. The van der Waals surface area contributed by atoms with Crippen molar-refractivity contribution in [2.24, 2.45) is 0 Å². The Balaban J connectivity index is 2.29. The summed E-state index contributed by atoms with van der Waals surface area (Å²) < 4.78 is 5.59. The number of nitrogens with one attached hydrogen (secondary N) is 1. The Labute approximate surface area is 115 Å². The molecule has 104 valence electrons. The average molecular weight is 270 g/mol. The van der Waals surface area contributed by atoms with Gasteiger partial charge >= 0.3 is 0 Å². The summed E-state index contributed by atoms with van der Waals surface area (Å²) in [5.74, 6) is 2.29. The van der Waals surface area contributed by atoms with E-state index in [2.05, 4.69) is 43.4 Å². The van der Waals surface area contributed by atoms with Crippen molar-refractivity contribution >= 4 is 11.8 Å². The van der Waals surface area contributed by atoms with Gasteiger partial charge in [0.05, 0.1) is 12.8 Å². The molecular weight excluding hydrogens is 244 g/mol. The first-order valence-electron chi connectivity index (χ1n) is 6.59. The number of rotatable bonds is 9. The fourth-order valence-corrected chi connectivity index (χ4v) is 2.17. The largest absolute Gasteiger partial charge is 0.468 e. The highest BCUT2D eigenvalue weighted by Gasteiger charge is 2.05. The molecule has 0 aliphatic carbocycles. The molecular formula is C14H26N2OS. The zero-order chi connectivity index (χ0) is 13.4. The molecule has 1 aromatic heterocycles. The fourth-order valence-electron chi connectivity index (χ4n) is 1.75. The number of nitrogens with zero attached hydrogens (tertiary/aromatic N) is 1. The van der Waals surface area contributed by atoms with Crippen molar-refractivity contribution in [3.05, 3.63) is 23.7 Å². The van der Waals surface area contributed by atoms with Crippen LogP contribution in [0.2, 0.25) is 0 Å². The van der Waals surface area contributed by atoms with Crippen LogP contribution < -0.4 is 5.32 Å². The van der Waals surface area contributed by atoms with Crippen molar-refractivity contribution in [3.8, 4) is 0 Å². The first-order valence-corrected chi connectivity index (χ1v) is 7.98. The molecule has 1 rings (SSSR count). The lowest BCUT2D eigenvalue weighted by Crippen LogP contribution is -2.21. The molecule has 0 bridgehead atoms. The summed E-state index contributed by atoms with van der Waals surface area (Å²) in [7, 11) is 2.15. The second-order valence-corrected chi connectivity index (χ2v) is 6.03. The summed E-state index contributed by atoms with van der Waals surface area (Å²) in [6.45, 7) is 7.22. The Kier molecular flexibility index (Phi) is 7.47. The molecule has 3 nitrogen and oxygen atoms in total. The van der Waals surface area contributed by atoms with Crippen molar-refractivity contribution < 1.29 is 4.42 Å². The quantitative estimate of drug-likeness (QED) is 0.698. The lowest BCUT2D eigenvalue weighted by Gasteiger charge is -2.14. The zero-order valence-corrected chi connectivity index (χ0v) is 12.8. The average Bonchev–Trinajstić information content (AvgIpc) is 2.74. The van der Waals surface area contributed by atoms with Crippen molar-refractivity contribution in [1.29, 1.82) is 0 Å². The molecule has 1 N–H and O–H groups in total. The van der Waals surface area contributed by atoms with Gasteiger partial charge in [-0.25, -0.2) is 0 Å². The fraction of sp³-hybridized carbons (Fsp3) is 0.714. The second kappa shape index (κ2) is 8.62. The van der Waals surface area contributed by atoms with E-state index in [-0.39, 0.29) is 0 Å². The van der Waals surface area contributed by atoms with Gasteiger partial charge in [0.1, 0.15) is 5.76 Å². The van der Waals surface area contributed by atoms with Crippen LogP contribution in [0, 0.1) is 0 Å². The maximum atomic E-state index is 5.59. The van der Waals surface area contributed by atoms with Crippen molar-refractivity contribution in [2.45, 2.75) is 39.4 Å². The second-order valence-electron chi connectivity index (χ2n) is 5.04. The van der Waals surface area contributed by atoms with Gasteiger partial charge in [-0.05, 0) is 38.1 Å². The predicted molar refractivity (Wildman–Crippen MR) is 80.0 cm³/mol. The first-order chi connectivity index (χ1) is 8.61. The Morgan fingerprint density at radius 1 is 1.44 bits per heavy atom. The summed E-state index contributed by atoms with van der Waals surface area (Å²) in [5.41, 5.74) is 1.23. The third-order valence-electron chi connectivity index (χ3n) is 2.74. The molecule has 0 unspecified atom stereocenters. The minimum Gasteiger partial charge on any atom is -0.468 e. The Bertz CT molecular complexity index is 325. The van der Waals surface area contributed by atoms with E-state index in [1.54, 1.807) is 0 Å². The molecule has 0 amide bonds. The van der Waals surface area contributed by atoms with Crippen LogP contribution in [-0.2, 0) is 13.1 Å². The van der Waals surface area contributed by atoms with Crippen molar-refractivity contribution in [3.63, 3.8) is 0 Å². The van der Waals surface area contributed by atoms with Crippen molar-refractivity contribution in [2.75, 3.05) is 25.6 Å². The van der Waals surface area contributed by atoms with Crippen LogP contribution in [0.4, 0.5) is 0 Å². The molecule has 0 aliphatic heterocycles. The van der Waals surface area contributed by atoms with E-state index in [9.17, 15) is 0 Å². The summed E-state index contributed by atoms with van der Waals surface area (Å²) in [5, 5.41) is 3.39. The van der Waals surface area contributed by atoms with E-state index >= 15 is 0 Å². The van der Waals surface area contributed by atoms with Crippen LogP contribution in [0.3, 0.4) is 0 Å². The molecule has 0 spiro atoms. The van der Waals surface area contributed by atoms with Gasteiger partial charge in [-0.3, -0.25) is 4.90 Å². The highest BCUT2D eigenvalue weighted by Crippen LogP contribution is 2.10. The highest BCUT2D eigenvalue weighted by atomic mass is 32.2. The van der Waals surface area contributed by atoms with Gasteiger partial charge in [0, 0.05) is 18.2 Å². The lowest BCUT2D eigenvalue weighted by atomic mass is 10.2. The lowest BCUT2D eigenvalue weighted by molar-refractivity contribution is 0.296. The van der Waals surface area contributed by atoms with E-state index < -0.39 is 0 Å². The standard InChI is InChI=1S/C14H26N2OS/c1-12(2)15-9-13-8-14(17-11-13)10-16(3)6-5-7-18-4/h8,11-12,15H,5-7,9-10H2,1-4H3. The summed E-state index contributed by atoms with van der Waals surface area (Å²) >= 11 is 1.90. The Hall–Kier alpha value is -0.450. The molecule has 0 aliphatic rings. The van der Waals surface area contributed by atoms with E-state index in [1.165, 1.54) is 17.7 Å². The molecule has 0 atom stereocenters. The summed E-state index contributed by atoms with van der Waals surface area (Å²) in [4.78, 5) is 2.31. The molecule has 1 aromatic rings. The predicted octanol–water partition coefficient (Wildman–Crippen LogP) is 2.96. The maximum Gasteiger partial charge on any atom is 0.118 e. The minimum atomic E-state index is 0.512. The van der Waals surface area contributed by atoms with Gasteiger partial charge in [0.25, 0.3) is 0 Å². The van der Waals surface area contributed by atoms with Crippen LogP contribution in [0.25, 0.3) is 0 Å². The monoisotopic (exact) mass is 270 g/mol. The van der Waals surface area contributed by atoms with Crippen LogP contribution >= 0.6 is 11.8 Å². The van der Waals surface area contributed by atoms with Crippen LogP contribution in [0.5, 0.6) is 0 Å². The first kappa shape index (κ1) is 15.6. The van der Waals surface area contributed by atoms with Gasteiger partial charge in [-0.1, -0.05) is 13.8 Å². The van der Waals surface area contributed by atoms with Gasteiger partial charge in [-0.2, -0.15) is 11.8 Å². The molecule has 1 heterocycles. The number of thioether (sulfide) groups is 1. The highest BCUT2D eigenvalue weighted by molar-refractivity contribution is 7.98. The smallest absolute Gasteiger partial charge is 0.118 e. The summed E-state index contributed by atoms with van der Waals surface area (Å²) in [6, 6.07) is 2.66. The van der Waals surface area contributed by atoms with Crippen LogP contribution in [-0.4, -0.2) is 36.5 Å². The van der Waals surface area contributed by atoms with Crippen LogP contribution in [0.15, 0.2) is 16.7 Å². The van der Waals surface area contributed by atoms with Gasteiger partial charge < -0.3 is 9.73 Å². The molecule has 0 saturated carbocycles. The van der Waals surface area contributed by atoms with E-state index in [4.69, 9.17) is 4.42 Å². The van der Waals surface area contributed by atoms with Gasteiger partial charge in [-0.15, -0.1) is 0 Å². The van der Waals surface area contributed by atoms with Crippen LogP contribution in [0.1, 0.15) is 31.6 Å². The Morgan fingerprint density at radius 3 is 2.89 bits per heavy atom. The summed E-state index contributed by atoms with van der Waals surface area (Å²) in [6.07, 6.45) is 5.25. The van der Waals surface area contributed by atoms with Crippen molar-refractivity contribution in [1.82, 2.24) is 10.2 Å². The van der Waals surface area contributed by atoms with E-state index in [0.717, 1.165) is 25.4 Å². The van der Waals surface area contributed by atoms with Gasteiger partial charge in [0.2, 0.25) is 0 Å². The zero-order valence-electron chi connectivity index (χ0n) is 12.0. The number of hydrogen-bond acceptors (Lipinski definition) is 4. The topological polar surface area (TPSA) is 28.4 Å². The molecule has 0 aromatic carbocycles. The minimum absolute atomic E-state index is 0.512. The molecule has 0 radical (unpaired) electrons. The molecule has 4 heteroatoms. The normalized spacial score (nSPS) is 11.7. The molecule has 18 heavy (non-hydrogen) atoms. The number of hydrogen-bond donors (Lipinski definition) is 1. The third kappa shape index (κ3) is 6.47. The Morgan fingerprint density at radius 2 is 2.22 bits per heavy atom. The molecule has 0 fully saturated rings. The maximum absolute atomic E-state index is 5.59. The van der Waals surface area contributed by atoms with Gasteiger partial charge in [0.15, 0.2) is 0 Å². The van der Waals surface area contributed by atoms with E-state index in [1.807, 2.05) is 18.0 Å². The number of furan rings is 1.